The van der Waals surface area contributed by atoms with Crippen LogP contribution in [0.15, 0.2) is 43.4 Å². The SMILES string of the molecule is C=COC(=C)CNc1cccc2c1CN(C1CCC(=O)NC1=O)C2.C=O. The Morgan fingerprint density at radius 2 is 2.12 bits per heavy atom. The molecule has 1 fully saturated rings. The van der Waals surface area contributed by atoms with E-state index in [9.17, 15) is 9.59 Å². The summed E-state index contributed by atoms with van der Waals surface area (Å²) in [7, 11) is 0. The number of nitrogens with zero attached hydrogens (tertiary/aromatic N) is 1. The molecular formula is C19H23N3O4. The van der Waals surface area contributed by atoms with E-state index in [-0.39, 0.29) is 17.9 Å². The first-order valence-corrected chi connectivity index (χ1v) is 8.25. The van der Waals surface area contributed by atoms with E-state index >= 15 is 0 Å². The minimum Gasteiger partial charge on any atom is -0.469 e. The fraction of sp³-hybridized carbons (Fsp3) is 0.316. The van der Waals surface area contributed by atoms with Gasteiger partial charge in [0.2, 0.25) is 11.8 Å². The first kappa shape index (κ1) is 19.4. The van der Waals surface area contributed by atoms with Crippen LogP contribution in [-0.2, 0) is 32.2 Å². The van der Waals surface area contributed by atoms with Crippen LogP contribution in [-0.4, -0.2) is 36.1 Å². The Morgan fingerprint density at radius 1 is 1.35 bits per heavy atom. The zero-order valence-electron chi connectivity index (χ0n) is 14.6. The molecule has 0 aliphatic carbocycles. The van der Waals surface area contributed by atoms with E-state index in [0.29, 0.717) is 38.2 Å². The predicted molar refractivity (Wildman–Crippen MR) is 97.9 cm³/mol. The number of hydrogen-bond acceptors (Lipinski definition) is 6. The molecule has 7 nitrogen and oxygen atoms in total. The van der Waals surface area contributed by atoms with Crippen molar-refractivity contribution in [3.63, 3.8) is 0 Å². The second-order valence-electron chi connectivity index (χ2n) is 5.99. The van der Waals surface area contributed by atoms with Gasteiger partial charge in [0, 0.05) is 25.2 Å². The van der Waals surface area contributed by atoms with Gasteiger partial charge in [0.25, 0.3) is 0 Å². The highest BCUT2D eigenvalue weighted by Crippen LogP contribution is 2.32. The minimum absolute atomic E-state index is 0.184. The normalized spacial score (nSPS) is 18.8. The number of hydrogen-bond donors (Lipinski definition) is 2. The van der Waals surface area contributed by atoms with Crippen LogP contribution in [0.4, 0.5) is 5.69 Å². The topological polar surface area (TPSA) is 87.7 Å². The van der Waals surface area contributed by atoms with E-state index in [4.69, 9.17) is 9.53 Å². The van der Waals surface area contributed by atoms with Gasteiger partial charge in [-0.05, 0) is 23.6 Å². The Labute approximate surface area is 152 Å². The zero-order valence-corrected chi connectivity index (χ0v) is 14.6. The first-order valence-electron chi connectivity index (χ1n) is 8.25. The molecule has 0 radical (unpaired) electrons. The number of carbonyl (C=O) groups excluding carboxylic acids is 3. The molecule has 2 N–H and O–H groups in total. The summed E-state index contributed by atoms with van der Waals surface area (Å²) >= 11 is 0. The average molecular weight is 357 g/mol. The molecular weight excluding hydrogens is 334 g/mol. The van der Waals surface area contributed by atoms with Gasteiger partial charge in [-0.2, -0.15) is 0 Å². The van der Waals surface area contributed by atoms with Gasteiger partial charge in [0.1, 0.15) is 12.5 Å². The van der Waals surface area contributed by atoms with Gasteiger partial charge in [-0.1, -0.05) is 25.3 Å². The van der Waals surface area contributed by atoms with Crippen LogP contribution in [0.2, 0.25) is 0 Å². The number of amides is 2. The highest BCUT2D eigenvalue weighted by atomic mass is 16.5. The van der Waals surface area contributed by atoms with Crippen LogP contribution < -0.4 is 10.6 Å². The number of anilines is 1. The molecule has 26 heavy (non-hydrogen) atoms. The smallest absolute Gasteiger partial charge is 0.243 e. The first-order chi connectivity index (χ1) is 12.6. The fourth-order valence-electron chi connectivity index (χ4n) is 3.22. The number of piperidine rings is 1. The third-order valence-electron chi connectivity index (χ3n) is 4.38. The van der Waals surface area contributed by atoms with E-state index < -0.39 is 0 Å². The van der Waals surface area contributed by atoms with Crippen LogP contribution in [0, 0.1) is 0 Å². The number of carbonyl (C=O) groups is 3. The van der Waals surface area contributed by atoms with Gasteiger partial charge in [-0.25, -0.2) is 0 Å². The lowest BCUT2D eigenvalue weighted by Gasteiger charge is -2.29. The van der Waals surface area contributed by atoms with Crippen LogP contribution in [0.3, 0.4) is 0 Å². The molecule has 2 aliphatic rings. The lowest BCUT2D eigenvalue weighted by Crippen LogP contribution is -2.50. The summed E-state index contributed by atoms with van der Waals surface area (Å²) in [5.74, 6) is 0.208. The maximum atomic E-state index is 12.1. The maximum Gasteiger partial charge on any atom is 0.243 e. The van der Waals surface area contributed by atoms with E-state index in [0.717, 1.165) is 5.69 Å². The van der Waals surface area contributed by atoms with E-state index in [2.05, 4.69) is 34.8 Å². The van der Waals surface area contributed by atoms with E-state index in [1.165, 1.54) is 17.4 Å². The number of benzene rings is 1. The lowest BCUT2D eigenvalue weighted by atomic mass is 10.0. The van der Waals surface area contributed by atoms with Gasteiger partial charge in [-0.15, -0.1) is 0 Å². The monoisotopic (exact) mass is 357 g/mol. The Balaban J connectivity index is 0.00000117. The molecule has 0 saturated carbocycles. The summed E-state index contributed by atoms with van der Waals surface area (Å²) in [5.41, 5.74) is 3.38. The van der Waals surface area contributed by atoms with Crippen molar-refractivity contribution >= 4 is 24.3 Å². The number of fused-ring (bicyclic) bond motifs is 1. The second-order valence-corrected chi connectivity index (χ2v) is 5.99. The van der Waals surface area contributed by atoms with Crippen molar-refractivity contribution < 1.29 is 19.1 Å². The molecule has 2 amide bonds. The van der Waals surface area contributed by atoms with Crippen molar-refractivity contribution in [1.29, 1.82) is 0 Å². The number of imide groups is 1. The van der Waals surface area contributed by atoms with Gasteiger partial charge >= 0.3 is 0 Å². The summed E-state index contributed by atoms with van der Waals surface area (Å²) in [6.07, 6.45) is 2.32. The molecule has 2 aliphatic heterocycles. The quantitative estimate of drug-likeness (QED) is 0.595. The van der Waals surface area contributed by atoms with Gasteiger partial charge in [0.05, 0.1) is 18.8 Å². The maximum absolute atomic E-state index is 12.1. The van der Waals surface area contributed by atoms with Gasteiger partial charge < -0.3 is 14.8 Å². The Hall–Kier alpha value is -2.93. The molecule has 7 heteroatoms. The Morgan fingerprint density at radius 3 is 2.81 bits per heavy atom. The molecule has 0 spiro atoms. The standard InChI is InChI=1S/C18H21N3O3.CH2O/c1-3-24-12(2)9-19-15-6-4-5-13-10-21(11-14(13)15)16-7-8-17(22)20-18(16)23;1-2/h3-6,16,19H,1-2,7-11H2,(H,20,22,23);1H2. The molecule has 138 valence electrons. The number of nitrogens with one attached hydrogen (secondary N) is 2. The zero-order chi connectivity index (χ0) is 19.1. The summed E-state index contributed by atoms with van der Waals surface area (Å²) in [6, 6.07) is 5.82. The van der Waals surface area contributed by atoms with Crippen molar-refractivity contribution in [3.05, 3.63) is 54.5 Å². The van der Waals surface area contributed by atoms with Crippen molar-refractivity contribution in [2.24, 2.45) is 0 Å². The molecule has 1 unspecified atom stereocenters. The molecule has 3 rings (SSSR count). The fourth-order valence-corrected chi connectivity index (χ4v) is 3.22. The highest BCUT2D eigenvalue weighted by molar-refractivity contribution is 6.00. The van der Waals surface area contributed by atoms with Crippen molar-refractivity contribution in [1.82, 2.24) is 10.2 Å². The van der Waals surface area contributed by atoms with Crippen LogP contribution in [0.5, 0.6) is 0 Å². The van der Waals surface area contributed by atoms with Crippen molar-refractivity contribution in [3.8, 4) is 0 Å². The number of rotatable bonds is 6. The third kappa shape index (κ3) is 4.37. The number of ether oxygens (including phenoxy) is 1. The Bertz CT molecular complexity index is 717. The Kier molecular flexibility index (Phi) is 6.68. The predicted octanol–water partition coefficient (Wildman–Crippen LogP) is 1.71. The molecule has 1 saturated heterocycles. The third-order valence-corrected chi connectivity index (χ3v) is 4.38. The van der Waals surface area contributed by atoms with Crippen LogP contribution >= 0.6 is 0 Å². The molecule has 1 atom stereocenters. The highest BCUT2D eigenvalue weighted by Gasteiger charge is 2.35. The van der Waals surface area contributed by atoms with Crippen molar-refractivity contribution in [2.45, 2.75) is 32.0 Å². The summed E-state index contributed by atoms with van der Waals surface area (Å²) in [6.45, 7) is 11.2. The molecule has 1 aromatic carbocycles. The van der Waals surface area contributed by atoms with Crippen LogP contribution in [0.1, 0.15) is 24.0 Å². The average Bonchev–Trinajstić information content (AvgIpc) is 3.06. The largest absolute Gasteiger partial charge is 0.469 e. The molecule has 0 bridgehead atoms. The van der Waals surface area contributed by atoms with E-state index in [1.807, 2.05) is 18.9 Å². The second kappa shape index (κ2) is 8.96. The van der Waals surface area contributed by atoms with Gasteiger partial charge in [0.15, 0.2) is 0 Å². The molecule has 1 aromatic rings. The van der Waals surface area contributed by atoms with E-state index in [1.54, 1.807) is 0 Å². The van der Waals surface area contributed by atoms with Gasteiger partial charge in [-0.3, -0.25) is 19.8 Å². The van der Waals surface area contributed by atoms with Crippen molar-refractivity contribution in [2.75, 3.05) is 11.9 Å². The summed E-state index contributed by atoms with van der Waals surface area (Å²) < 4.78 is 5.14. The van der Waals surface area contributed by atoms with Crippen LogP contribution in [0.25, 0.3) is 0 Å². The summed E-state index contributed by atoms with van der Waals surface area (Å²) in [4.78, 5) is 33.5. The minimum atomic E-state index is -0.248. The molecule has 0 aromatic heterocycles. The summed E-state index contributed by atoms with van der Waals surface area (Å²) in [5, 5.41) is 5.75. The molecule has 2 heterocycles. The lowest BCUT2D eigenvalue weighted by molar-refractivity contribution is -0.137.